The van der Waals surface area contributed by atoms with Crippen LogP contribution in [0, 0.1) is 0 Å². The van der Waals surface area contributed by atoms with E-state index in [1.807, 2.05) is 56.3 Å². The van der Waals surface area contributed by atoms with Crippen molar-refractivity contribution < 1.29 is 9.47 Å². The van der Waals surface area contributed by atoms with Crippen molar-refractivity contribution in [3.8, 4) is 11.5 Å². The van der Waals surface area contributed by atoms with Crippen LogP contribution in [0.1, 0.15) is 25.0 Å². The molecule has 0 aliphatic rings. The van der Waals surface area contributed by atoms with Crippen molar-refractivity contribution in [3.63, 3.8) is 0 Å². The van der Waals surface area contributed by atoms with Crippen molar-refractivity contribution in [2.45, 2.75) is 13.8 Å². The summed E-state index contributed by atoms with van der Waals surface area (Å²) in [4.78, 5) is 4.00. The fraction of sp³-hybridized carbons (Fsp3) is 0.235. The van der Waals surface area contributed by atoms with Gasteiger partial charge in [0.1, 0.15) is 0 Å². The molecule has 1 aromatic heterocycles. The van der Waals surface area contributed by atoms with E-state index in [-0.39, 0.29) is 0 Å². The summed E-state index contributed by atoms with van der Waals surface area (Å²) < 4.78 is 11.2. The van der Waals surface area contributed by atoms with E-state index in [1.165, 1.54) is 0 Å². The molecule has 0 radical (unpaired) electrons. The smallest absolute Gasteiger partial charge is 0.161 e. The van der Waals surface area contributed by atoms with E-state index in [0.29, 0.717) is 13.2 Å². The van der Waals surface area contributed by atoms with Gasteiger partial charge in [-0.2, -0.15) is 0 Å². The molecule has 0 unspecified atom stereocenters. The van der Waals surface area contributed by atoms with Gasteiger partial charge in [0, 0.05) is 12.4 Å². The van der Waals surface area contributed by atoms with Gasteiger partial charge in [0.2, 0.25) is 0 Å². The van der Waals surface area contributed by atoms with Crippen LogP contribution in [0.2, 0.25) is 0 Å². The maximum Gasteiger partial charge on any atom is 0.161 e. The molecule has 3 heteroatoms. The molecule has 2 rings (SSSR count). The van der Waals surface area contributed by atoms with Crippen molar-refractivity contribution in [2.75, 3.05) is 13.2 Å². The maximum absolute atomic E-state index is 5.61. The maximum atomic E-state index is 5.61. The molecule has 0 amide bonds. The fourth-order valence-electron chi connectivity index (χ4n) is 1.84. The highest BCUT2D eigenvalue weighted by atomic mass is 16.5. The van der Waals surface area contributed by atoms with Crippen molar-refractivity contribution >= 4 is 12.2 Å². The minimum absolute atomic E-state index is 0.623. The zero-order valence-electron chi connectivity index (χ0n) is 11.9. The van der Waals surface area contributed by atoms with Crippen LogP contribution in [0.4, 0.5) is 0 Å². The standard InChI is InChI=1S/C17H19NO2/c1-3-19-16-8-7-15(13-17(16)20-4-2)6-5-14-9-11-18-12-10-14/h5-13H,3-4H2,1-2H3/b6-5+. The predicted molar refractivity (Wildman–Crippen MR) is 81.9 cm³/mol. The topological polar surface area (TPSA) is 31.4 Å². The van der Waals surface area contributed by atoms with Gasteiger partial charge in [-0.15, -0.1) is 0 Å². The number of ether oxygens (including phenoxy) is 2. The van der Waals surface area contributed by atoms with E-state index in [1.54, 1.807) is 12.4 Å². The van der Waals surface area contributed by atoms with Crippen LogP contribution in [0.3, 0.4) is 0 Å². The second-order valence-corrected chi connectivity index (χ2v) is 4.19. The second kappa shape index (κ2) is 7.34. The van der Waals surface area contributed by atoms with Gasteiger partial charge >= 0.3 is 0 Å². The minimum Gasteiger partial charge on any atom is -0.490 e. The van der Waals surface area contributed by atoms with Crippen molar-refractivity contribution in [2.24, 2.45) is 0 Å². The van der Waals surface area contributed by atoms with E-state index in [9.17, 15) is 0 Å². The molecule has 0 N–H and O–H groups in total. The SMILES string of the molecule is CCOc1ccc(/C=C/c2ccncc2)cc1OCC. The summed E-state index contributed by atoms with van der Waals surface area (Å²) in [6.07, 6.45) is 7.66. The Kier molecular flexibility index (Phi) is 5.18. The highest BCUT2D eigenvalue weighted by molar-refractivity contribution is 5.70. The van der Waals surface area contributed by atoms with Gasteiger partial charge in [-0.3, -0.25) is 4.98 Å². The Labute approximate surface area is 119 Å². The van der Waals surface area contributed by atoms with Gasteiger partial charge in [-0.25, -0.2) is 0 Å². The molecule has 104 valence electrons. The Hall–Kier alpha value is -2.29. The molecule has 0 bridgehead atoms. The van der Waals surface area contributed by atoms with Crippen LogP contribution in [-0.4, -0.2) is 18.2 Å². The first-order valence-corrected chi connectivity index (χ1v) is 6.81. The highest BCUT2D eigenvalue weighted by Crippen LogP contribution is 2.29. The molecule has 0 atom stereocenters. The number of rotatable bonds is 6. The van der Waals surface area contributed by atoms with Crippen LogP contribution in [0.15, 0.2) is 42.7 Å². The van der Waals surface area contributed by atoms with Crippen LogP contribution in [0.25, 0.3) is 12.2 Å². The van der Waals surface area contributed by atoms with E-state index >= 15 is 0 Å². The molecule has 0 spiro atoms. The van der Waals surface area contributed by atoms with Gasteiger partial charge in [-0.1, -0.05) is 18.2 Å². The lowest BCUT2D eigenvalue weighted by molar-refractivity contribution is 0.287. The Bertz CT molecular complexity index is 564. The lowest BCUT2D eigenvalue weighted by Crippen LogP contribution is -1.98. The highest BCUT2D eigenvalue weighted by Gasteiger charge is 2.04. The molecule has 2 aromatic rings. The lowest BCUT2D eigenvalue weighted by Gasteiger charge is -2.11. The summed E-state index contributed by atoms with van der Waals surface area (Å²) in [5, 5.41) is 0. The van der Waals surface area contributed by atoms with Crippen LogP contribution in [0.5, 0.6) is 11.5 Å². The Morgan fingerprint density at radius 3 is 2.20 bits per heavy atom. The fourth-order valence-corrected chi connectivity index (χ4v) is 1.84. The van der Waals surface area contributed by atoms with Gasteiger partial charge in [0.05, 0.1) is 13.2 Å². The quantitative estimate of drug-likeness (QED) is 0.792. The minimum atomic E-state index is 0.623. The molecule has 0 aliphatic heterocycles. The number of pyridine rings is 1. The normalized spacial score (nSPS) is 10.7. The van der Waals surface area contributed by atoms with E-state index in [0.717, 1.165) is 22.6 Å². The number of hydrogen-bond donors (Lipinski definition) is 0. The van der Waals surface area contributed by atoms with Crippen molar-refractivity contribution in [1.82, 2.24) is 4.98 Å². The largest absolute Gasteiger partial charge is 0.490 e. The van der Waals surface area contributed by atoms with Crippen LogP contribution >= 0.6 is 0 Å². The monoisotopic (exact) mass is 269 g/mol. The van der Waals surface area contributed by atoms with E-state index in [4.69, 9.17) is 9.47 Å². The van der Waals surface area contributed by atoms with Crippen LogP contribution in [-0.2, 0) is 0 Å². The second-order valence-electron chi connectivity index (χ2n) is 4.19. The first-order chi connectivity index (χ1) is 9.83. The van der Waals surface area contributed by atoms with Gasteiger partial charge in [-0.05, 0) is 49.2 Å². The zero-order valence-corrected chi connectivity index (χ0v) is 11.9. The van der Waals surface area contributed by atoms with Gasteiger partial charge in [0.25, 0.3) is 0 Å². The average Bonchev–Trinajstić information content (AvgIpc) is 2.49. The molecular formula is C17H19NO2. The first-order valence-electron chi connectivity index (χ1n) is 6.81. The Balaban J connectivity index is 2.20. The number of aromatic nitrogens is 1. The van der Waals surface area contributed by atoms with Crippen molar-refractivity contribution in [3.05, 3.63) is 53.9 Å². The number of benzene rings is 1. The lowest BCUT2D eigenvalue weighted by atomic mass is 10.1. The summed E-state index contributed by atoms with van der Waals surface area (Å²) in [6, 6.07) is 9.89. The molecule has 0 saturated heterocycles. The number of hydrogen-bond acceptors (Lipinski definition) is 3. The summed E-state index contributed by atoms with van der Waals surface area (Å²) in [5.74, 6) is 1.57. The Morgan fingerprint density at radius 2 is 1.50 bits per heavy atom. The molecular weight excluding hydrogens is 250 g/mol. The Morgan fingerprint density at radius 1 is 0.850 bits per heavy atom. The van der Waals surface area contributed by atoms with Crippen LogP contribution < -0.4 is 9.47 Å². The summed E-state index contributed by atoms with van der Waals surface area (Å²) in [7, 11) is 0. The predicted octanol–water partition coefficient (Wildman–Crippen LogP) is 4.05. The molecule has 3 nitrogen and oxygen atoms in total. The summed E-state index contributed by atoms with van der Waals surface area (Å²) >= 11 is 0. The first kappa shape index (κ1) is 14.1. The van der Waals surface area contributed by atoms with E-state index in [2.05, 4.69) is 4.98 Å². The molecule has 1 aromatic carbocycles. The molecule has 0 fully saturated rings. The molecule has 0 saturated carbocycles. The average molecular weight is 269 g/mol. The third kappa shape index (κ3) is 3.85. The zero-order chi connectivity index (χ0) is 14.2. The number of nitrogens with zero attached hydrogens (tertiary/aromatic N) is 1. The summed E-state index contributed by atoms with van der Waals surface area (Å²) in [6.45, 7) is 5.19. The molecule has 20 heavy (non-hydrogen) atoms. The third-order valence-corrected chi connectivity index (χ3v) is 2.74. The summed E-state index contributed by atoms with van der Waals surface area (Å²) in [5.41, 5.74) is 2.19. The van der Waals surface area contributed by atoms with E-state index < -0.39 is 0 Å². The van der Waals surface area contributed by atoms with Gasteiger partial charge < -0.3 is 9.47 Å². The molecule has 0 aliphatic carbocycles. The molecule has 1 heterocycles. The van der Waals surface area contributed by atoms with Crippen molar-refractivity contribution in [1.29, 1.82) is 0 Å². The van der Waals surface area contributed by atoms with Gasteiger partial charge in [0.15, 0.2) is 11.5 Å². The third-order valence-electron chi connectivity index (χ3n) is 2.74.